The average molecular weight is 195 g/mol. The van der Waals surface area contributed by atoms with E-state index in [9.17, 15) is 9.59 Å². The van der Waals surface area contributed by atoms with Crippen molar-refractivity contribution in [3.8, 4) is 0 Å². The highest BCUT2D eigenvalue weighted by molar-refractivity contribution is 5.79. The molecule has 14 heavy (non-hydrogen) atoms. The van der Waals surface area contributed by atoms with E-state index in [1.54, 1.807) is 24.7 Å². The van der Waals surface area contributed by atoms with Crippen molar-refractivity contribution in [2.24, 2.45) is 0 Å². The van der Waals surface area contributed by atoms with Crippen LogP contribution >= 0.6 is 0 Å². The molecule has 1 amide bonds. The predicted molar refractivity (Wildman–Crippen MR) is 53.9 cm³/mol. The summed E-state index contributed by atoms with van der Waals surface area (Å²) in [6, 6.07) is 0.970. The molecule has 1 heterocycles. The lowest BCUT2D eigenvalue weighted by Gasteiger charge is -2.14. The van der Waals surface area contributed by atoms with Crippen molar-refractivity contribution in [2.75, 3.05) is 12.8 Å². The molecular weight excluding hydrogens is 182 g/mol. The summed E-state index contributed by atoms with van der Waals surface area (Å²) in [5.74, 6) is -0.131. The SMILES string of the molecule is CNC(=O)C(C)n1ccc(=O)c(N)c1. The molecule has 1 rings (SSSR count). The number of nitrogens with two attached hydrogens (primary N) is 1. The second-order valence-corrected chi connectivity index (χ2v) is 3.00. The standard InChI is InChI=1S/C9H13N3O2/c1-6(9(14)11-2)12-4-3-8(13)7(10)5-12/h3-6H,10H2,1-2H3,(H,11,14). The molecular formula is C9H13N3O2. The molecule has 1 unspecified atom stereocenters. The topological polar surface area (TPSA) is 77.1 Å². The molecule has 0 saturated carbocycles. The van der Waals surface area contributed by atoms with E-state index in [1.807, 2.05) is 0 Å². The van der Waals surface area contributed by atoms with E-state index in [0.717, 1.165) is 0 Å². The first-order valence-electron chi connectivity index (χ1n) is 4.25. The fraction of sp³-hybridized carbons (Fsp3) is 0.333. The zero-order valence-electron chi connectivity index (χ0n) is 8.15. The third-order valence-electron chi connectivity index (χ3n) is 2.04. The van der Waals surface area contributed by atoms with Crippen LogP contribution in [-0.2, 0) is 4.79 Å². The Hall–Kier alpha value is -1.78. The van der Waals surface area contributed by atoms with Gasteiger partial charge in [-0.05, 0) is 6.92 Å². The van der Waals surface area contributed by atoms with Crippen molar-refractivity contribution >= 4 is 11.6 Å². The maximum absolute atomic E-state index is 11.3. The largest absolute Gasteiger partial charge is 0.394 e. The van der Waals surface area contributed by atoms with Crippen molar-refractivity contribution in [1.82, 2.24) is 9.88 Å². The van der Waals surface area contributed by atoms with Gasteiger partial charge in [0.05, 0.1) is 5.69 Å². The number of hydrogen-bond donors (Lipinski definition) is 2. The lowest BCUT2D eigenvalue weighted by molar-refractivity contribution is -0.123. The number of likely N-dealkylation sites (N-methyl/N-ethyl adjacent to an activating group) is 1. The summed E-state index contributed by atoms with van der Waals surface area (Å²) >= 11 is 0. The van der Waals surface area contributed by atoms with Crippen molar-refractivity contribution in [3.05, 3.63) is 28.7 Å². The van der Waals surface area contributed by atoms with Crippen molar-refractivity contribution in [3.63, 3.8) is 0 Å². The summed E-state index contributed by atoms with van der Waals surface area (Å²) in [7, 11) is 1.56. The second-order valence-electron chi connectivity index (χ2n) is 3.00. The van der Waals surface area contributed by atoms with Crippen LogP contribution in [0.2, 0.25) is 0 Å². The number of pyridine rings is 1. The van der Waals surface area contributed by atoms with Gasteiger partial charge in [0, 0.05) is 25.5 Å². The monoisotopic (exact) mass is 195 g/mol. The molecule has 0 bridgehead atoms. The highest BCUT2D eigenvalue weighted by Gasteiger charge is 2.11. The molecule has 0 aliphatic carbocycles. The van der Waals surface area contributed by atoms with Gasteiger partial charge in [0.15, 0.2) is 0 Å². The number of aromatic nitrogens is 1. The van der Waals surface area contributed by atoms with Crippen LogP contribution in [0.15, 0.2) is 23.3 Å². The van der Waals surface area contributed by atoms with E-state index in [-0.39, 0.29) is 23.1 Å². The number of rotatable bonds is 2. The minimum atomic E-state index is -0.372. The van der Waals surface area contributed by atoms with Crippen LogP contribution in [0.3, 0.4) is 0 Å². The minimum absolute atomic E-state index is 0.131. The Morgan fingerprint density at radius 1 is 1.64 bits per heavy atom. The van der Waals surface area contributed by atoms with Gasteiger partial charge in [0.25, 0.3) is 0 Å². The molecule has 1 aromatic rings. The Bertz CT molecular complexity index is 397. The molecule has 0 aliphatic rings. The van der Waals surface area contributed by atoms with Gasteiger partial charge >= 0.3 is 0 Å². The molecule has 1 atom stereocenters. The van der Waals surface area contributed by atoms with Gasteiger partial charge < -0.3 is 15.6 Å². The fourth-order valence-electron chi connectivity index (χ4n) is 1.10. The normalized spacial score (nSPS) is 12.1. The van der Waals surface area contributed by atoms with Gasteiger partial charge in [-0.3, -0.25) is 9.59 Å². The molecule has 1 aromatic heterocycles. The molecule has 0 aliphatic heterocycles. The Balaban J connectivity index is 3.02. The van der Waals surface area contributed by atoms with Crippen LogP contribution in [-0.4, -0.2) is 17.5 Å². The van der Waals surface area contributed by atoms with E-state index < -0.39 is 0 Å². The number of nitrogen functional groups attached to an aromatic ring is 1. The van der Waals surface area contributed by atoms with Crippen LogP contribution < -0.4 is 16.5 Å². The summed E-state index contributed by atoms with van der Waals surface area (Å²) in [5, 5.41) is 2.52. The van der Waals surface area contributed by atoms with E-state index in [4.69, 9.17) is 5.73 Å². The Labute approximate surface area is 81.5 Å². The summed E-state index contributed by atoms with van der Waals surface area (Å²) in [4.78, 5) is 22.3. The van der Waals surface area contributed by atoms with Gasteiger partial charge in [-0.25, -0.2) is 0 Å². The van der Waals surface area contributed by atoms with Crippen molar-refractivity contribution < 1.29 is 4.79 Å². The number of amides is 1. The van der Waals surface area contributed by atoms with E-state index in [0.29, 0.717) is 0 Å². The quantitative estimate of drug-likeness (QED) is 0.682. The van der Waals surface area contributed by atoms with Crippen LogP contribution in [0.1, 0.15) is 13.0 Å². The number of carbonyl (C=O) groups is 1. The molecule has 0 aromatic carbocycles. The van der Waals surface area contributed by atoms with Gasteiger partial charge in [0.2, 0.25) is 11.3 Å². The molecule has 5 heteroatoms. The summed E-state index contributed by atoms with van der Waals surface area (Å²) in [6.45, 7) is 1.72. The number of nitrogens with zero attached hydrogens (tertiary/aromatic N) is 1. The number of nitrogens with one attached hydrogen (secondary N) is 1. The number of hydrogen-bond acceptors (Lipinski definition) is 3. The third-order valence-corrected chi connectivity index (χ3v) is 2.04. The van der Waals surface area contributed by atoms with E-state index in [1.165, 1.54) is 12.3 Å². The lowest BCUT2D eigenvalue weighted by Crippen LogP contribution is -2.28. The van der Waals surface area contributed by atoms with Crippen LogP contribution in [0.5, 0.6) is 0 Å². The first-order valence-corrected chi connectivity index (χ1v) is 4.25. The first kappa shape index (κ1) is 10.3. The summed E-state index contributed by atoms with van der Waals surface area (Å²) in [6.07, 6.45) is 3.00. The molecule has 0 saturated heterocycles. The average Bonchev–Trinajstić information content (AvgIpc) is 2.20. The molecule has 5 nitrogen and oxygen atoms in total. The fourth-order valence-corrected chi connectivity index (χ4v) is 1.10. The van der Waals surface area contributed by atoms with E-state index >= 15 is 0 Å². The zero-order valence-corrected chi connectivity index (χ0v) is 8.15. The van der Waals surface area contributed by atoms with E-state index in [2.05, 4.69) is 5.32 Å². The number of carbonyl (C=O) groups excluding carboxylic acids is 1. The highest BCUT2D eigenvalue weighted by atomic mass is 16.2. The van der Waals surface area contributed by atoms with Gasteiger partial charge in [0.1, 0.15) is 6.04 Å². The maximum atomic E-state index is 11.3. The van der Waals surface area contributed by atoms with Gasteiger partial charge in [-0.15, -0.1) is 0 Å². The smallest absolute Gasteiger partial charge is 0.242 e. The van der Waals surface area contributed by atoms with Crippen LogP contribution in [0.4, 0.5) is 5.69 Å². The van der Waals surface area contributed by atoms with Crippen molar-refractivity contribution in [1.29, 1.82) is 0 Å². The molecule has 0 radical (unpaired) electrons. The van der Waals surface area contributed by atoms with Crippen molar-refractivity contribution in [2.45, 2.75) is 13.0 Å². The minimum Gasteiger partial charge on any atom is -0.394 e. The Kier molecular flexibility index (Phi) is 2.91. The van der Waals surface area contributed by atoms with Gasteiger partial charge in [-0.1, -0.05) is 0 Å². The molecule has 0 spiro atoms. The predicted octanol–water partition coefficient (Wildman–Crippen LogP) is -0.263. The molecule has 0 fully saturated rings. The van der Waals surface area contributed by atoms with Crippen LogP contribution in [0.25, 0.3) is 0 Å². The number of anilines is 1. The summed E-state index contributed by atoms with van der Waals surface area (Å²) < 4.78 is 1.59. The second kappa shape index (κ2) is 3.95. The van der Waals surface area contributed by atoms with Gasteiger partial charge in [-0.2, -0.15) is 0 Å². The van der Waals surface area contributed by atoms with Crippen LogP contribution in [0, 0.1) is 0 Å². The highest BCUT2D eigenvalue weighted by Crippen LogP contribution is 2.05. The molecule has 3 N–H and O–H groups in total. The Morgan fingerprint density at radius 2 is 2.29 bits per heavy atom. The maximum Gasteiger partial charge on any atom is 0.242 e. The third kappa shape index (κ3) is 1.93. The first-order chi connectivity index (χ1) is 6.56. The lowest BCUT2D eigenvalue weighted by atomic mass is 10.3. The molecule has 76 valence electrons. The Morgan fingerprint density at radius 3 is 2.79 bits per heavy atom. The summed E-state index contributed by atoms with van der Waals surface area (Å²) in [5.41, 5.74) is 5.35. The zero-order chi connectivity index (χ0) is 10.7.